The van der Waals surface area contributed by atoms with E-state index in [0.717, 1.165) is 34.4 Å². The van der Waals surface area contributed by atoms with Crippen LogP contribution in [0.15, 0.2) is 123 Å². The van der Waals surface area contributed by atoms with E-state index in [0.29, 0.717) is 11.5 Å². The van der Waals surface area contributed by atoms with Crippen molar-refractivity contribution in [1.82, 2.24) is 0 Å². The minimum atomic E-state index is -0.511. The number of carbonyl (C=O) groups excluding carboxylic acids is 2. The summed E-state index contributed by atoms with van der Waals surface area (Å²) in [7, 11) is 0. The van der Waals surface area contributed by atoms with Crippen LogP contribution in [0.2, 0.25) is 0 Å². The van der Waals surface area contributed by atoms with Crippen molar-refractivity contribution in [1.29, 1.82) is 0 Å². The molecule has 0 spiro atoms. The van der Waals surface area contributed by atoms with Gasteiger partial charge in [-0.3, -0.25) is 0 Å². The van der Waals surface area contributed by atoms with Crippen LogP contribution in [0, 0.1) is 0 Å². The Morgan fingerprint density at radius 1 is 0.556 bits per heavy atom. The zero-order valence-corrected chi connectivity index (χ0v) is 19.7. The summed E-state index contributed by atoms with van der Waals surface area (Å²) < 4.78 is 20.7. The van der Waals surface area contributed by atoms with Crippen LogP contribution in [-0.2, 0) is 19.1 Å². The van der Waals surface area contributed by atoms with E-state index in [1.165, 1.54) is 12.5 Å². The van der Waals surface area contributed by atoms with Crippen molar-refractivity contribution in [3.05, 3.63) is 123 Å². The molecule has 0 atom stereocenters. The summed E-state index contributed by atoms with van der Waals surface area (Å²) in [6.45, 7) is 7.21. The maximum atomic E-state index is 11.0. The second kappa shape index (κ2) is 13.8. The fourth-order valence-electron chi connectivity index (χ4n) is 3.04. The van der Waals surface area contributed by atoms with Gasteiger partial charge in [0.1, 0.15) is 24.7 Å². The standard InChI is InChI=1S/C30H26O6/c1-3-29(31)35-21-5-19-33-27-15-11-25(12-16-27)23-7-9-24(10-8-23)26-13-17-28(18-14-26)34-20-6-22-36-30(32)4-2/h3-18,21-22H,1-2,19-20H2/b21-5+,22-6+. The van der Waals surface area contributed by atoms with Gasteiger partial charge < -0.3 is 18.9 Å². The van der Waals surface area contributed by atoms with Gasteiger partial charge >= 0.3 is 11.9 Å². The molecular weight excluding hydrogens is 456 g/mol. The van der Waals surface area contributed by atoms with Crippen LogP contribution in [0.5, 0.6) is 11.5 Å². The lowest BCUT2D eigenvalue weighted by Crippen LogP contribution is -1.96. The highest BCUT2D eigenvalue weighted by Crippen LogP contribution is 2.27. The second-order valence-electron chi connectivity index (χ2n) is 7.27. The first-order chi connectivity index (χ1) is 17.6. The molecule has 0 N–H and O–H groups in total. The molecule has 0 unspecified atom stereocenters. The van der Waals surface area contributed by atoms with Gasteiger partial charge in [-0.15, -0.1) is 0 Å². The largest absolute Gasteiger partial charge is 0.489 e. The molecule has 3 aromatic rings. The van der Waals surface area contributed by atoms with Gasteiger partial charge in [0, 0.05) is 12.2 Å². The Bertz CT molecular complexity index is 1120. The molecule has 0 aromatic heterocycles. The molecule has 0 saturated heterocycles. The zero-order valence-electron chi connectivity index (χ0n) is 19.7. The van der Waals surface area contributed by atoms with Crippen LogP contribution in [-0.4, -0.2) is 25.2 Å². The molecule has 0 fully saturated rings. The van der Waals surface area contributed by atoms with Gasteiger partial charge in [0.2, 0.25) is 0 Å². The monoisotopic (exact) mass is 482 g/mol. The molecule has 0 aliphatic heterocycles. The molecule has 0 radical (unpaired) electrons. The second-order valence-corrected chi connectivity index (χ2v) is 7.27. The third kappa shape index (κ3) is 8.18. The van der Waals surface area contributed by atoms with Crippen LogP contribution < -0.4 is 9.47 Å². The zero-order chi connectivity index (χ0) is 25.6. The van der Waals surface area contributed by atoms with E-state index in [9.17, 15) is 9.59 Å². The normalized spacial score (nSPS) is 10.7. The predicted molar refractivity (Wildman–Crippen MR) is 139 cm³/mol. The Morgan fingerprint density at radius 2 is 0.861 bits per heavy atom. The summed E-state index contributed by atoms with van der Waals surface area (Å²) in [4.78, 5) is 21.9. The van der Waals surface area contributed by atoms with Gasteiger partial charge in [0.15, 0.2) is 0 Å². The van der Waals surface area contributed by atoms with Crippen molar-refractivity contribution in [2.75, 3.05) is 13.2 Å². The van der Waals surface area contributed by atoms with E-state index in [1.807, 2.05) is 48.5 Å². The van der Waals surface area contributed by atoms with E-state index >= 15 is 0 Å². The van der Waals surface area contributed by atoms with Gasteiger partial charge in [-0.05, 0) is 58.7 Å². The van der Waals surface area contributed by atoms with Crippen LogP contribution in [0.25, 0.3) is 22.3 Å². The minimum absolute atomic E-state index is 0.282. The van der Waals surface area contributed by atoms with Gasteiger partial charge in [-0.2, -0.15) is 0 Å². The summed E-state index contributed by atoms with van der Waals surface area (Å²) in [6.07, 6.45) is 7.96. The molecule has 3 aromatic carbocycles. The molecule has 3 rings (SSSR count). The van der Waals surface area contributed by atoms with Crippen molar-refractivity contribution < 1.29 is 28.5 Å². The number of ether oxygens (including phenoxy) is 4. The lowest BCUT2D eigenvalue weighted by atomic mass is 10.0. The number of carbonyl (C=O) groups is 2. The average Bonchev–Trinajstić information content (AvgIpc) is 2.93. The smallest absolute Gasteiger partial charge is 0.334 e. The lowest BCUT2D eigenvalue weighted by Gasteiger charge is -2.08. The van der Waals surface area contributed by atoms with Gasteiger partial charge in [-0.25, -0.2) is 9.59 Å². The highest BCUT2D eigenvalue weighted by molar-refractivity contribution is 5.82. The predicted octanol–water partition coefficient (Wildman–Crippen LogP) is 6.26. The number of hydrogen-bond donors (Lipinski definition) is 0. The first-order valence-electron chi connectivity index (χ1n) is 11.1. The fourth-order valence-corrected chi connectivity index (χ4v) is 3.04. The van der Waals surface area contributed by atoms with Gasteiger partial charge in [0.25, 0.3) is 0 Å². The molecule has 0 aliphatic rings. The molecule has 36 heavy (non-hydrogen) atoms. The number of benzene rings is 3. The quantitative estimate of drug-likeness (QED) is 0.172. The minimum Gasteiger partial charge on any atom is -0.489 e. The van der Waals surface area contributed by atoms with Crippen molar-refractivity contribution in [2.45, 2.75) is 0 Å². The number of esters is 2. The Balaban J connectivity index is 1.51. The van der Waals surface area contributed by atoms with E-state index < -0.39 is 11.9 Å². The van der Waals surface area contributed by atoms with Crippen molar-refractivity contribution in [2.24, 2.45) is 0 Å². The highest BCUT2D eigenvalue weighted by atomic mass is 16.5. The Morgan fingerprint density at radius 3 is 1.17 bits per heavy atom. The van der Waals surface area contributed by atoms with Crippen LogP contribution in [0.3, 0.4) is 0 Å². The Kier molecular flexibility index (Phi) is 9.86. The third-order valence-corrected chi connectivity index (χ3v) is 4.85. The lowest BCUT2D eigenvalue weighted by molar-refractivity contribution is -0.133. The van der Waals surface area contributed by atoms with Gasteiger partial charge in [-0.1, -0.05) is 61.7 Å². The molecule has 0 saturated carbocycles. The third-order valence-electron chi connectivity index (χ3n) is 4.85. The van der Waals surface area contributed by atoms with E-state index in [1.54, 1.807) is 12.2 Å². The van der Waals surface area contributed by atoms with E-state index in [-0.39, 0.29) is 13.2 Å². The number of rotatable bonds is 12. The van der Waals surface area contributed by atoms with Gasteiger partial charge in [0.05, 0.1) is 12.5 Å². The van der Waals surface area contributed by atoms with Crippen LogP contribution in [0.1, 0.15) is 0 Å². The molecule has 6 heteroatoms. The Hall–Kier alpha value is -4.84. The highest BCUT2D eigenvalue weighted by Gasteiger charge is 2.02. The first-order valence-corrected chi connectivity index (χ1v) is 11.1. The van der Waals surface area contributed by atoms with Crippen molar-refractivity contribution >= 4 is 11.9 Å². The molecule has 0 amide bonds. The summed E-state index contributed by atoms with van der Waals surface area (Å²) >= 11 is 0. The molecule has 0 heterocycles. The van der Waals surface area contributed by atoms with Crippen molar-refractivity contribution in [3.8, 4) is 33.8 Å². The maximum absolute atomic E-state index is 11.0. The fraction of sp³-hybridized carbons (Fsp3) is 0.0667. The summed E-state index contributed by atoms with van der Waals surface area (Å²) in [5.74, 6) is 0.404. The van der Waals surface area contributed by atoms with Crippen LogP contribution in [0.4, 0.5) is 0 Å². The summed E-state index contributed by atoms with van der Waals surface area (Å²) in [5.41, 5.74) is 4.32. The van der Waals surface area contributed by atoms with E-state index in [4.69, 9.17) is 18.9 Å². The topological polar surface area (TPSA) is 71.1 Å². The van der Waals surface area contributed by atoms with E-state index in [2.05, 4.69) is 37.4 Å². The van der Waals surface area contributed by atoms with Crippen molar-refractivity contribution in [3.63, 3.8) is 0 Å². The van der Waals surface area contributed by atoms with Crippen LogP contribution >= 0.6 is 0 Å². The first kappa shape index (κ1) is 25.8. The SMILES string of the molecule is C=CC(=O)O/C=C/COc1ccc(-c2ccc(-c3ccc(OC/C=C/OC(=O)C=C)cc3)cc2)cc1. The summed E-state index contributed by atoms with van der Waals surface area (Å²) in [5, 5.41) is 0. The summed E-state index contributed by atoms with van der Waals surface area (Å²) in [6, 6.07) is 23.8. The molecule has 6 nitrogen and oxygen atoms in total. The molecule has 182 valence electrons. The Labute approximate surface area is 210 Å². The maximum Gasteiger partial charge on any atom is 0.334 e. The molecule has 0 aliphatic carbocycles. The molecular formula is C30H26O6. The average molecular weight is 483 g/mol. The molecule has 0 bridgehead atoms. The number of hydrogen-bond acceptors (Lipinski definition) is 6.